The van der Waals surface area contributed by atoms with Crippen molar-refractivity contribution in [1.29, 1.82) is 5.26 Å². The molecule has 2 aromatic carbocycles. The number of aromatic carboxylic acids is 1. The van der Waals surface area contributed by atoms with E-state index >= 15 is 0 Å². The Hall–Kier alpha value is -3.29. The van der Waals surface area contributed by atoms with Gasteiger partial charge in [0.25, 0.3) is 0 Å². The van der Waals surface area contributed by atoms with Crippen molar-refractivity contribution in [3.63, 3.8) is 0 Å². The van der Waals surface area contributed by atoms with Gasteiger partial charge in [0, 0.05) is 22.1 Å². The van der Waals surface area contributed by atoms with E-state index in [1.54, 1.807) is 30.3 Å². The minimum Gasteiger partial charge on any atom is -0.545 e. The number of carboxylic acids is 1. The number of halogens is 1. The van der Waals surface area contributed by atoms with Crippen LogP contribution in [0.25, 0.3) is 17.3 Å². The van der Waals surface area contributed by atoms with Crippen molar-refractivity contribution in [2.75, 3.05) is 0 Å². The van der Waals surface area contributed by atoms with Crippen LogP contribution < -0.4 is 5.11 Å². The Morgan fingerprint density at radius 1 is 1.11 bits per heavy atom. The average Bonchev–Trinajstić information content (AvgIpc) is 2.93. The van der Waals surface area contributed by atoms with Crippen LogP contribution in [0.3, 0.4) is 0 Å². The van der Waals surface area contributed by atoms with Crippen molar-refractivity contribution in [3.8, 4) is 11.8 Å². The predicted octanol–water partition coefficient (Wildman–Crippen LogP) is 4.18. The van der Waals surface area contributed by atoms with Gasteiger partial charge in [0.1, 0.15) is 0 Å². The lowest BCUT2D eigenvalue weighted by molar-refractivity contribution is -0.255. The van der Waals surface area contributed by atoms with Gasteiger partial charge in [0.05, 0.1) is 17.6 Å². The lowest BCUT2D eigenvalue weighted by Crippen LogP contribution is -2.22. The maximum atomic E-state index is 11.2. The molecule has 0 saturated heterocycles. The number of aromatic nitrogens is 1. The number of benzene rings is 2. The average molecular weight is 376 g/mol. The third-order valence-corrected chi connectivity index (χ3v) is 4.60. The number of nitrogens with zero attached hydrogens (tertiary/aromatic N) is 2. The quantitative estimate of drug-likeness (QED) is 0.642. The molecule has 5 heteroatoms. The Kier molecular flexibility index (Phi) is 5.16. The zero-order valence-corrected chi connectivity index (χ0v) is 15.6. The first-order valence-corrected chi connectivity index (χ1v) is 8.67. The van der Waals surface area contributed by atoms with Crippen molar-refractivity contribution in [2.24, 2.45) is 0 Å². The largest absolute Gasteiger partial charge is 0.545 e. The number of rotatable bonds is 4. The first-order valence-electron chi connectivity index (χ1n) is 8.29. The third kappa shape index (κ3) is 3.79. The summed E-state index contributed by atoms with van der Waals surface area (Å²) >= 11 is 6.04. The number of hydrogen-bond acceptors (Lipinski definition) is 3. The molecular formula is C22H16ClN2O2-. The first kappa shape index (κ1) is 18.5. The minimum atomic E-state index is -1.22. The van der Waals surface area contributed by atoms with E-state index < -0.39 is 5.97 Å². The van der Waals surface area contributed by atoms with Crippen LogP contribution in [0.5, 0.6) is 0 Å². The van der Waals surface area contributed by atoms with Gasteiger partial charge in [-0.05, 0) is 66.9 Å². The van der Waals surface area contributed by atoms with E-state index in [-0.39, 0.29) is 5.56 Å². The molecule has 134 valence electrons. The molecule has 0 spiro atoms. The Balaban J connectivity index is 2.10. The smallest absolute Gasteiger partial charge is 0.0998 e. The lowest BCUT2D eigenvalue weighted by atomic mass is 10.0. The fourth-order valence-corrected chi connectivity index (χ4v) is 3.28. The summed E-state index contributed by atoms with van der Waals surface area (Å²) in [4.78, 5) is 11.2. The molecular weight excluding hydrogens is 360 g/mol. The molecule has 3 aromatic rings. The zero-order valence-electron chi connectivity index (χ0n) is 14.9. The lowest BCUT2D eigenvalue weighted by Gasteiger charge is -2.12. The second-order valence-corrected chi connectivity index (χ2v) is 6.62. The van der Waals surface area contributed by atoms with E-state index in [1.807, 2.05) is 42.7 Å². The van der Waals surface area contributed by atoms with Crippen molar-refractivity contribution in [1.82, 2.24) is 4.57 Å². The van der Waals surface area contributed by atoms with Crippen molar-refractivity contribution in [3.05, 3.63) is 87.7 Å². The van der Waals surface area contributed by atoms with Gasteiger partial charge in [-0.25, -0.2) is 0 Å². The van der Waals surface area contributed by atoms with Crippen LogP contribution in [0.2, 0.25) is 5.02 Å². The normalized spacial score (nSPS) is 11.3. The van der Waals surface area contributed by atoms with E-state index in [0.717, 1.165) is 28.2 Å². The van der Waals surface area contributed by atoms with Gasteiger partial charge in [-0.2, -0.15) is 5.26 Å². The Labute approximate surface area is 162 Å². The van der Waals surface area contributed by atoms with Crippen LogP contribution in [0.4, 0.5) is 0 Å². The molecule has 0 bridgehead atoms. The topological polar surface area (TPSA) is 68.8 Å². The summed E-state index contributed by atoms with van der Waals surface area (Å²) in [6, 6.07) is 17.9. The fraction of sp³-hybridized carbons (Fsp3) is 0.0909. The predicted molar refractivity (Wildman–Crippen MR) is 105 cm³/mol. The van der Waals surface area contributed by atoms with E-state index in [1.165, 1.54) is 6.07 Å². The Bertz CT molecular complexity index is 1100. The molecule has 0 N–H and O–H groups in total. The molecule has 0 atom stereocenters. The van der Waals surface area contributed by atoms with E-state index in [4.69, 9.17) is 11.6 Å². The minimum absolute atomic E-state index is 0.119. The highest BCUT2D eigenvalue weighted by atomic mass is 35.5. The molecule has 0 aliphatic rings. The van der Waals surface area contributed by atoms with Gasteiger partial charge in [-0.3, -0.25) is 0 Å². The van der Waals surface area contributed by atoms with Gasteiger partial charge in [0.15, 0.2) is 0 Å². The number of nitriles is 1. The highest BCUT2D eigenvalue weighted by Gasteiger charge is 2.11. The first-order chi connectivity index (χ1) is 12.9. The summed E-state index contributed by atoms with van der Waals surface area (Å²) in [7, 11) is 0. The summed E-state index contributed by atoms with van der Waals surface area (Å²) in [6.45, 7) is 3.86. The molecule has 0 amide bonds. The summed E-state index contributed by atoms with van der Waals surface area (Å²) in [5, 5.41) is 21.3. The molecule has 27 heavy (non-hydrogen) atoms. The molecule has 1 heterocycles. The van der Waals surface area contributed by atoms with Gasteiger partial charge >= 0.3 is 0 Å². The second-order valence-electron chi connectivity index (χ2n) is 6.18. The summed E-state index contributed by atoms with van der Waals surface area (Å²) < 4.78 is 1.95. The molecule has 0 radical (unpaired) electrons. The van der Waals surface area contributed by atoms with Gasteiger partial charge in [0.2, 0.25) is 0 Å². The van der Waals surface area contributed by atoms with Crippen molar-refractivity contribution in [2.45, 2.75) is 13.8 Å². The molecule has 3 rings (SSSR count). The van der Waals surface area contributed by atoms with Crippen LogP contribution in [0, 0.1) is 25.2 Å². The maximum Gasteiger partial charge on any atom is 0.0998 e. The monoisotopic (exact) mass is 375 g/mol. The van der Waals surface area contributed by atoms with Crippen LogP contribution in [0.15, 0.2) is 54.6 Å². The molecule has 0 aliphatic heterocycles. The van der Waals surface area contributed by atoms with E-state index in [9.17, 15) is 15.2 Å². The number of hydrogen-bond donors (Lipinski definition) is 0. The molecule has 0 aliphatic carbocycles. The van der Waals surface area contributed by atoms with Gasteiger partial charge in [-0.1, -0.05) is 35.9 Å². The number of carboxylic acid groups (broad SMARTS) is 1. The standard InChI is InChI=1S/C22H17ClN2O2/c1-14-9-18(10-19(13-24)16-5-3-7-20(23)11-16)15(2)25(14)21-8-4-6-17(12-21)22(26)27/h3-12H,1-2H3,(H,26,27)/p-1/b19-10-. The number of carbonyl (C=O) groups is 1. The third-order valence-electron chi connectivity index (χ3n) is 4.37. The van der Waals surface area contributed by atoms with Crippen molar-refractivity contribution < 1.29 is 9.90 Å². The Morgan fingerprint density at radius 2 is 1.81 bits per heavy atom. The fourth-order valence-electron chi connectivity index (χ4n) is 3.09. The number of aryl methyl sites for hydroxylation is 1. The molecule has 0 fully saturated rings. The number of allylic oxidation sites excluding steroid dienone is 1. The van der Waals surface area contributed by atoms with Crippen molar-refractivity contribution >= 4 is 29.2 Å². The maximum absolute atomic E-state index is 11.2. The molecule has 0 unspecified atom stereocenters. The highest BCUT2D eigenvalue weighted by molar-refractivity contribution is 6.30. The Morgan fingerprint density at radius 3 is 2.48 bits per heavy atom. The molecule has 0 saturated carbocycles. The summed E-state index contributed by atoms with van der Waals surface area (Å²) in [5.74, 6) is -1.22. The zero-order chi connectivity index (χ0) is 19.6. The van der Waals surface area contributed by atoms with Crippen LogP contribution in [-0.2, 0) is 0 Å². The molecule has 4 nitrogen and oxygen atoms in total. The summed E-state index contributed by atoms with van der Waals surface area (Å²) in [5.41, 5.74) is 4.80. The van der Waals surface area contributed by atoms with Gasteiger partial charge < -0.3 is 14.5 Å². The van der Waals surface area contributed by atoms with E-state index in [2.05, 4.69) is 6.07 Å². The SMILES string of the molecule is Cc1cc(/C=C(/C#N)c2cccc(Cl)c2)c(C)n1-c1cccc(C(=O)[O-])c1. The van der Waals surface area contributed by atoms with Crippen LogP contribution in [-0.4, -0.2) is 10.5 Å². The number of carbonyl (C=O) groups excluding carboxylic acids is 1. The molecule has 1 aromatic heterocycles. The highest BCUT2D eigenvalue weighted by Crippen LogP contribution is 2.26. The second kappa shape index (κ2) is 7.53. The van der Waals surface area contributed by atoms with Crippen LogP contribution >= 0.6 is 11.6 Å². The van der Waals surface area contributed by atoms with Gasteiger partial charge in [-0.15, -0.1) is 0 Å². The summed E-state index contributed by atoms with van der Waals surface area (Å²) in [6.07, 6.45) is 1.81. The van der Waals surface area contributed by atoms with E-state index in [0.29, 0.717) is 10.6 Å². The van der Waals surface area contributed by atoms with Crippen LogP contribution in [0.1, 0.15) is 32.9 Å².